The maximum atomic E-state index is 11.4. The number of morpholine rings is 1. The van der Waals surface area contributed by atoms with E-state index in [0.29, 0.717) is 19.7 Å². The van der Waals surface area contributed by atoms with Crippen LogP contribution >= 0.6 is 0 Å². The highest BCUT2D eigenvalue weighted by Crippen LogP contribution is 2.19. The predicted molar refractivity (Wildman–Crippen MR) is 55.7 cm³/mol. The van der Waals surface area contributed by atoms with E-state index in [1.807, 2.05) is 0 Å². The van der Waals surface area contributed by atoms with Crippen molar-refractivity contribution in [1.29, 1.82) is 0 Å². The van der Waals surface area contributed by atoms with Gasteiger partial charge in [0, 0.05) is 25.7 Å². The number of hydrogen-bond acceptors (Lipinski definition) is 4. The van der Waals surface area contributed by atoms with E-state index in [2.05, 4.69) is 14.8 Å². The molecule has 0 spiro atoms. The van der Waals surface area contributed by atoms with Crippen molar-refractivity contribution in [2.24, 2.45) is 0 Å². The van der Waals surface area contributed by atoms with E-state index < -0.39 is 10.2 Å². The van der Waals surface area contributed by atoms with Gasteiger partial charge in [-0.05, 0) is 12.8 Å². The van der Waals surface area contributed by atoms with Crippen molar-refractivity contribution in [2.75, 3.05) is 26.2 Å². The van der Waals surface area contributed by atoms with Crippen LogP contribution < -0.4 is 14.8 Å². The van der Waals surface area contributed by atoms with Gasteiger partial charge in [0.2, 0.25) is 0 Å². The van der Waals surface area contributed by atoms with Gasteiger partial charge in [0.1, 0.15) is 0 Å². The number of hydrogen-bond donors (Lipinski definition) is 3. The quantitative estimate of drug-likeness (QED) is 0.545. The Morgan fingerprint density at radius 2 is 2.20 bits per heavy atom. The lowest BCUT2D eigenvalue weighted by Crippen LogP contribution is -2.47. The van der Waals surface area contributed by atoms with E-state index in [1.165, 1.54) is 0 Å². The summed E-state index contributed by atoms with van der Waals surface area (Å²) in [6, 6.07) is 0.146. The van der Waals surface area contributed by atoms with Crippen LogP contribution in [0.25, 0.3) is 0 Å². The molecule has 2 rings (SSSR count). The van der Waals surface area contributed by atoms with Crippen LogP contribution in [0.1, 0.15) is 12.8 Å². The highest BCUT2D eigenvalue weighted by molar-refractivity contribution is 7.87. The van der Waals surface area contributed by atoms with Gasteiger partial charge < -0.3 is 10.1 Å². The summed E-state index contributed by atoms with van der Waals surface area (Å²) in [6.45, 7) is 2.51. The van der Waals surface area contributed by atoms with Crippen LogP contribution in [-0.4, -0.2) is 46.8 Å². The molecule has 2 fully saturated rings. The van der Waals surface area contributed by atoms with E-state index in [4.69, 9.17) is 4.74 Å². The fraction of sp³-hybridized carbons (Fsp3) is 1.00. The Morgan fingerprint density at radius 1 is 1.40 bits per heavy atom. The molecule has 88 valence electrons. The SMILES string of the molecule is O=S(=O)(NCC1CNCCO1)NC1CC1. The molecule has 1 heterocycles. The van der Waals surface area contributed by atoms with Crippen LogP contribution in [0, 0.1) is 0 Å². The number of rotatable bonds is 5. The second-order valence-electron chi connectivity index (χ2n) is 3.94. The Hall–Kier alpha value is -0.210. The van der Waals surface area contributed by atoms with Gasteiger partial charge in [-0.3, -0.25) is 0 Å². The summed E-state index contributed by atoms with van der Waals surface area (Å²) in [4.78, 5) is 0. The van der Waals surface area contributed by atoms with Gasteiger partial charge >= 0.3 is 0 Å². The molecular weight excluding hydrogens is 218 g/mol. The zero-order chi connectivity index (χ0) is 10.7. The Labute approximate surface area is 89.9 Å². The Balaban J connectivity index is 1.70. The van der Waals surface area contributed by atoms with Crippen LogP contribution in [0.3, 0.4) is 0 Å². The van der Waals surface area contributed by atoms with Crippen molar-refractivity contribution in [3.05, 3.63) is 0 Å². The fourth-order valence-electron chi connectivity index (χ4n) is 1.42. The topological polar surface area (TPSA) is 79.5 Å². The van der Waals surface area contributed by atoms with Crippen LogP contribution in [0.4, 0.5) is 0 Å². The molecule has 6 nitrogen and oxygen atoms in total. The first-order valence-corrected chi connectivity index (χ1v) is 6.73. The van der Waals surface area contributed by atoms with Gasteiger partial charge in [-0.25, -0.2) is 0 Å². The zero-order valence-electron chi connectivity index (χ0n) is 8.53. The largest absolute Gasteiger partial charge is 0.374 e. The molecule has 1 aliphatic carbocycles. The predicted octanol–water partition coefficient (Wildman–Crippen LogP) is -1.44. The molecule has 3 N–H and O–H groups in total. The van der Waals surface area contributed by atoms with Gasteiger partial charge in [0.15, 0.2) is 0 Å². The van der Waals surface area contributed by atoms with Crippen molar-refractivity contribution in [2.45, 2.75) is 25.0 Å². The third kappa shape index (κ3) is 4.04. The smallest absolute Gasteiger partial charge is 0.277 e. The molecule has 2 aliphatic rings. The van der Waals surface area contributed by atoms with Crippen molar-refractivity contribution in [3.8, 4) is 0 Å². The highest BCUT2D eigenvalue weighted by Gasteiger charge is 2.27. The number of nitrogens with one attached hydrogen (secondary N) is 3. The molecule has 1 aliphatic heterocycles. The zero-order valence-corrected chi connectivity index (χ0v) is 9.35. The molecular formula is C8H17N3O3S. The normalized spacial score (nSPS) is 27.9. The summed E-state index contributed by atoms with van der Waals surface area (Å²) >= 11 is 0. The molecule has 1 saturated carbocycles. The van der Waals surface area contributed by atoms with E-state index >= 15 is 0 Å². The fourth-order valence-corrected chi connectivity index (χ4v) is 2.58. The molecule has 0 aromatic carbocycles. The third-order valence-corrected chi connectivity index (χ3v) is 3.59. The first kappa shape index (κ1) is 11.3. The van der Waals surface area contributed by atoms with Gasteiger partial charge in [-0.2, -0.15) is 17.9 Å². The molecule has 0 aromatic heterocycles. The first-order valence-electron chi connectivity index (χ1n) is 5.25. The summed E-state index contributed by atoms with van der Waals surface area (Å²) in [5.74, 6) is 0. The van der Waals surface area contributed by atoms with Gasteiger partial charge in [0.25, 0.3) is 10.2 Å². The van der Waals surface area contributed by atoms with Gasteiger partial charge in [-0.15, -0.1) is 0 Å². The Morgan fingerprint density at radius 3 is 2.80 bits per heavy atom. The van der Waals surface area contributed by atoms with Crippen LogP contribution in [0.15, 0.2) is 0 Å². The van der Waals surface area contributed by atoms with E-state index in [1.54, 1.807) is 0 Å². The lowest BCUT2D eigenvalue weighted by molar-refractivity contribution is 0.0323. The summed E-state index contributed by atoms with van der Waals surface area (Å²) in [6.07, 6.45) is 1.83. The van der Waals surface area contributed by atoms with Gasteiger partial charge in [0.05, 0.1) is 12.7 Å². The van der Waals surface area contributed by atoms with Crippen molar-refractivity contribution < 1.29 is 13.2 Å². The monoisotopic (exact) mass is 235 g/mol. The maximum Gasteiger partial charge on any atom is 0.277 e. The molecule has 1 atom stereocenters. The van der Waals surface area contributed by atoms with Gasteiger partial charge in [-0.1, -0.05) is 0 Å². The van der Waals surface area contributed by atoms with Crippen LogP contribution in [-0.2, 0) is 14.9 Å². The summed E-state index contributed by atoms with van der Waals surface area (Å²) in [5.41, 5.74) is 0. The minimum Gasteiger partial charge on any atom is -0.374 e. The summed E-state index contributed by atoms with van der Waals surface area (Å²) in [7, 11) is -3.33. The molecule has 0 radical (unpaired) electrons. The first-order chi connectivity index (χ1) is 7.16. The lowest BCUT2D eigenvalue weighted by atomic mass is 10.3. The van der Waals surface area contributed by atoms with E-state index in [-0.39, 0.29) is 12.1 Å². The Bertz CT molecular complexity index is 296. The Kier molecular flexibility index (Phi) is 3.57. The summed E-state index contributed by atoms with van der Waals surface area (Å²) in [5, 5.41) is 3.14. The van der Waals surface area contributed by atoms with Crippen LogP contribution in [0.2, 0.25) is 0 Å². The molecule has 1 unspecified atom stereocenters. The average Bonchev–Trinajstić information content (AvgIpc) is 3.00. The molecule has 0 amide bonds. The lowest BCUT2D eigenvalue weighted by Gasteiger charge is -2.23. The maximum absolute atomic E-state index is 11.4. The second-order valence-corrected chi connectivity index (χ2v) is 5.47. The molecule has 15 heavy (non-hydrogen) atoms. The molecule has 7 heteroatoms. The van der Waals surface area contributed by atoms with Crippen LogP contribution in [0.5, 0.6) is 0 Å². The van der Waals surface area contributed by atoms with E-state index in [0.717, 1.165) is 19.4 Å². The molecule has 1 saturated heterocycles. The second kappa shape index (κ2) is 4.75. The minimum atomic E-state index is -3.33. The highest BCUT2D eigenvalue weighted by atomic mass is 32.2. The molecule has 0 aromatic rings. The third-order valence-electron chi connectivity index (χ3n) is 2.40. The van der Waals surface area contributed by atoms with Crippen molar-refractivity contribution in [3.63, 3.8) is 0 Å². The summed E-state index contributed by atoms with van der Waals surface area (Å²) < 4.78 is 33.3. The molecule has 0 bridgehead atoms. The standard InChI is InChI=1S/C8H17N3O3S/c12-15(13,11-7-1-2-7)10-6-8-5-9-3-4-14-8/h7-11H,1-6H2. The number of ether oxygens (including phenoxy) is 1. The average molecular weight is 235 g/mol. The van der Waals surface area contributed by atoms with E-state index in [9.17, 15) is 8.42 Å². The van der Waals surface area contributed by atoms with Crippen molar-refractivity contribution >= 4 is 10.2 Å². The van der Waals surface area contributed by atoms with Crippen molar-refractivity contribution in [1.82, 2.24) is 14.8 Å². The minimum absolute atomic E-state index is 0.0606.